The first kappa shape index (κ1) is 16.5. The van der Waals surface area contributed by atoms with Crippen molar-refractivity contribution >= 4 is 11.4 Å². The summed E-state index contributed by atoms with van der Waals surface area (Å²) < 4.78 is 15.1. The molecule has 0 atom stereocenters. The van der Waals surface area contributed by atoms with Crippen molar-refractivity contribution in [3.8, 4) is 11.1 Å². The highest BCUT2D eigenvalue weighted by atomic mass is 19.1. The summed E-state index contributed by atoms with van der Waals surface area (Å²) in [5, 5.41) is 11.2. The number of anilines is 1. The number of rotatable bonds is 6. The summed E-state index contributed by atoms with van der Waals surface area (Å²) in [6, 6.07) is 3.40. The second kappa shape index (κ2) is 6.96. The minimum Gasteiger partial charge on any atom is -0.381 e. The first-order valence-electron chi connectivity index (χ1n) is 7.16. The van der Waals surface area contributed by atoms with Crippen molar-refractivity contribution in [2.75, 3.05) is 11.9 Å². The second-order valence-corrected chi connectivity index (χ2v) is 5.19. The number of benzene rings is 1. The summed E-state index contributed by atoms with van der Waals surface area (Å²) in [5.74, 6) is 0.132. The van der Waals surface area contributed by atoms with E-state index in [0.29, 0.717) is 34.8 Å². The lowest BCUT2D eigenvalue weighted by atomic mass is 9.97. The number of hydrogen-bond acceptors (Lipinski definition) is 4. The maximum atomic E-state index is 15.1. The smallest absolute Gasteiger partial charge is 0.142 e. The quantitative estimate of drug-likeness (QED) is 0.623. The molecule has 0 radical (unpaired) electrons. The Labute approximate surface area is 135 Å². The third-order valence-corrected chi connectivity index (χ3v) is 3.35. The van der Waals surface area contributed by atoms with Crippen molar-refractivity contribution in [3.05, 3.63) is 66.5 Å². The van der Waals surface area contributed by atoms with Gasteiger partial charge in [0.1, 0.15) is 11.6 Å². The predicted molar refractivity (Wildman–Crippen MR) is 92.5 cm³/mol. The minimum atomic E-state index is -0.487. The Morgan fingerprint density at radius 3 is 2.57 bits per heavy atom. The Kier molecular flexibility index (Phi) is 5.01. The number of allylic oxidation sites excluding steroid dienone is 1. The van der Waals surface area contributed by atoms with Crippen molar-refractivity contribution in [1.82, 2.24) is 9.97 Å². The van der Waals surface area contributed by atoms with E-state index in [1.54, 1.807) is 44.4 Å². The number of aryl methyl sites for hydroxylation is 1. The molecule has 2 aromatic rings. The predicted octanol–water partition coefficient (Wildman–Crippen LogP) is 4.13. The van der Waals surface area contributed by atoms with Gasteiger partial charge in [0.25, 0.3) is 0 Å². The third kappa shape index (κ3) is 3.51. The zero-order chi connectivity index (χ0) is 17.0. The molecule has 118 valence electrons. The highest BCUT2D eigenvalue weighted by molar-refractivity contribution is 6.14. The molecule has 5 heteroatoms. The van der Waals surface area contributed by atoms with Gasteiger partial charge in [0.15, 0.2) is 0 Å². The van der Waals surface area contributed by atoms with Gasteiger partial charge in [0.05, 0.1) is 11.3 Å². The Hall–Kier alpha value is -2.82. The number of halogens is 1. The highest BCUT2D eigenvalue weighted by Crippen LogP contribution is 2.30. The average Bonchev–Trinajstić information content (AvgIpc) is 2.53. The first-order chi connectivity index (χ1) is 11.0. The maximum absolute atomic E-state index is 15.1. The molecule has 1 heterocycles. The lowest BCUT2D eigenvalue weighted by Gasteiger charge is -2.16. The average molecular weight is 310 g/mol. The van der Waals surface area contributed by atoms with Gasteiger partial charge in [-0.3, -0.25) is 5.41 Å². The third-order valence-electron chi connectivity index (χ3n) is 3.35. The summed E-state index contributed by atoms with van der Waals surface area (Å²) in [5.41, 5.74) is 2.20. The number of aromatic nitrogens is 2. The molecule has 0 aliphatic heterocycles. The summed E-state index contributed by atoms with van der Waals surface area (Å²) in [7, 11) is 0. The van der Waals surface area contributed by atoms with E-state index in [2.05, 4.69) is 28.4 Å². The molecule has 1 aromatic heterocycles. The van der Waals surface area contributed by atoms with Crippen LogP contribution in [-0.4, -0.2) is 22.2 Å². The molecule has 0 aliphatic carbocycles. The first-order valence-corrected chi connectivity index (χ1v) is 7.16. The molecule has 0 unspecified atom stereocenters. The van der Waals surface area contributed by atoms with Crippen LogP contribution in [0.2, 0.25) is 0 Å². The van der Waals surface area contributed by atoms with E-state index < -0.39 is 5.82 Å². The largest absolute Gasteiger partial charge is 0.381 e. The Balaban J connectivity index is 2.60. The fourth-order valence-corrected chi connectivity index (χ4v) is 2.12. The molecule has 0 amide bonds. The lowest BCUT2D eigenvalue weighted by molar-refractivity contribution is 0.629. The van der Waals surface area contributed by atoms with Crippen LogP contribution < -0.4 is 5.32 Å². The zero-order valence-electron chi connectivity index (χ0n) is 13.3. The van der Waals surface area contributed by atoms with E-state index >= 15 is 4.39 Å². The van der Waals surface area contributed by atoms with Crippen LogP contribution in [0.4, 0.5) is 10.1 Å². The maximum Gasteiger partial charge on any atom is 0.142 e. The molecule has 23 heavy (non-hydrogen) atoms. The molecule has 1 aromatic carbocycles. The summed E-state index contributed by atoms with van der Waals surface area (Å²) in [4.78, 5) is 8.20. The van der Waals surface area contributed by atoms with Crippen LogP contribution in [0.5, 0.6) is 0 Å². The minimum absolute atomic E-state index is 0.0592. The number of nitrogens with zero attached hydrogens (tertiary/aromatic N) is 2. The number of nitrogens with one attached hydrogen (secondary N) is 2. The van der Waals surface area contributed by atoms with Crippen molar-refractivity contribution in [2.24, 2.45) is 0 Å². The normalized spacial score (nSPS) is 10.2. The van der Waals surface area contributed by atoms with Crippen molar-refractivity contribution in [3.63, 3.8) is 0 Å². The molecular weight excluding hydrogens is 291 g/mol. The topological polar surface area (TPSA) is 61.7 Å². The Bertz CT molecular complexity index is 763. The monoisotopic (exact) mass is 310 g/mol. The molecule has 2 rings (SSSR count). The van der Waals surface area contributed by atoms with Crippen LogP contribution in [0.25, 0.3) is 11.1 Å². The van der Waals surface area contributed by atoms with E-state index in [1.165, 1.54) is 0 Å². The molecule has 0 saturated carbocycles. The van der Waals surface area contributed by atoms with E-state index in [9.17, 15) is 0 Å². The van der Waals surface area contributed by atoms with E-state index in [-0.39, 0.29) is 11.3 Å². The molecule has 0 fully saturated rings. The van der Waals surface area contributed by atoms with E-state index in [1.807, 2.05) is 0 Å². The SMILES string of the molecule is C=CCNc1ccc(-c2cnc(C)nc2)c(F)c1C(=N)C(=C)C. The van der Waals surface area contributed by atoms with Gasteiger partial charge in [0.2, 0.25) is 0 Å². The van der Waals surface area contributed by atoms with Gasteiger partial charge in [-0.15, -0.1) is 6.58 Å². The molecular formula is C18H19FN4. The molecule has 0 bridgehead atoms. The standard InChI is InChI=1S/C18H19FN4/c1-5-8-21-15-7-6-14(13-9-22-12(4)23-10-13)17(19)16(15)18(20)11(2)3/h5-7,9-10,20-21H,1-2,8H2,3-4H3. The Morgan fingerprint density at radius 2 is 2.00 bits per heavy atom. The van der Waals surface area contributed by atoms with Crippen LogP contribution in [0.15, 0.2) is 49.3 Å². The molecule has 0 saturated heterocycles. The van der Waals surface area contributed by atoms with Gasteiger partial charge in [-0.1, -0.05) is 12.7 Å². The fourth-order valence-electron chi connectivity index (χ4n) is 2.12. The molecule has 4 nitrogen and oxygen atoms in total. The van der Waals surface area contributed by atoms with Gasteiger partial charge in [-0.25, -0.2) is 14.4 Å². The van der Waals surface area contributed by atoms with E-state index in [0.717, 1.165) is 0 Å². The summed E-state index contributed by atoms with van der Waals surface area (Å²) >= 11 is 0. The highest BCUT2D eigenvalue weighted by Gasteiger charge is 2.19. The molecule has 0 spiro atoms. The van der Waals surface area contributed by atoms with Gasteiger partial charge in [0, 0.05) is 35.8 Å². The lowest BCUT2D eigenvalue weighted by Crippen LogP contribution is -2.11. The summed E-state index contributed by atoms with van der Waals surface area (Å²) in [6.45, 7) is 11.3. The van der Waals surface area contributed by atoms with Crippen LogP contribution in [0, 0.1) is 18.2 Å². The van der Waals surface area contributed by atoms with Crippen molar-refractivity contribution < 1.29 is 4.39 Å². The van der Waals surface area contributed by atoms with Crippen LogP contribution in [-0.2, 0) is 0 Å². The van der Waals surface area contributed by atoms with Crippen molar-refractivity contribution in [1.29, 1.82) is 5.41 Å². The second-order valence-electron chi connectivity index (χ2n) is 5.19. The van der Waals surface area contributed by atoms with Gasteiger partial charge in [-0.05, 0) is 31.6 Å². The van der Waals surface area contributed by atoms with E-state index in [4.69, 9.17) is 5.41 Å². The fraction of sp³-hybridized carbons (Fsp3) is 0.167. The molecule has 0 aliphatic rings. The summed E-state index contributed by atoms with van der Waals surface area (Å²) in [6.07, 6.45) is 4.82. The number of hydrogen-bond donors (Lipinski definition) is 2. The van der Waals surface area contributed by atoms with Gasteiger partial charge >= 0.3 is 0 Å². The Morgan fingerprint density at radius 1 is 1.35 bits per heavy atom. The van der Waals surface area contributed by atoms with Gasteiger partial charge < -0.3 is 5.32 Å². The van der Waals surface area contributed by atoms with Crippen LogP contribution >= 0.6 is 0 Å². The zero-order valence-corrected chi connectivity index (χ0v) is 13.3. The van der Waals surface area contributed by atoms with Crippen LogP contribution in [0.3, 0.4) is 0 Å². The van der Waals surface area contributed by atoms with Gasteiger partial charge in [-0.2, -0.15) is 0 Å². The molecule has 2 N–H and O–H groups in total. The van der Waals surface area contributed by atoms with Crippen LogP contribution in [0.1, 0.15) is 18.3 Å². The van der Waals surface area contributed by atoms with Crippen molar-refractivity contribution in [2.45, 2.75) is 13.8 Å².